The molecule has 0 radical (unpaired) electrons. The number of nitriles is 1. The SMILES string of the molecule is C=C(CNc1c(C)cc(C#N)cc1C(=O)NC)N(C)C1=CCCC=C1C. The molecule has 0 saturated heterocycles. The van der Waals surface area contributed by atoms with Crippen molar-refractivity contribution in [2.45, 2.75) is 26.7 Å². The van der Waals surface area contributed by atoms with Gasteiger partial charge in [-0.3, -0.25) is 4.79 Å². The molecule has 0 atom stereocenters. The second-order valence-corrected chi connectivity index (χ2v) is 6.44. The van der Waals surface area contributed by atoms with Gasteiger partial charge in [-0.2, -0.15) is 5.26 Å². The van der Waals surface area contributed by atoms with Crippen molar-refractivity contribution in [3.8, 4) is 6.07 Å². The summed E-state index contributed by atoms with van der Waals surface area (Å²) in [6.07, 6.45) is 6.57. The van der Waals surface area contributed by atoms with Crippen LogP contribution in [0.5, 0.6) is 0 Å². The lowest BCUT2D eigenvalue weighted by Gasteiger charge is -2.28. The molecule has 0 saturated carbocycles. The van der Waals surface area contributed by atoms with Gasteiger partial charge >= 0.3 is 0 Å². The fourth-order valence-corrected chi connectivity index (χ4v) is 3.07. The number of allylic oxidation sites excluding steroid dienone is 3. The number of likely N-dealkylation sites (N-methyl/N-ethyl adjacent to an activating group) is 1. The minimum absolute atomic E-state index is 0.222. The van der Waals surface area contributed by atoms with Crippen LogP contribution in [0.25, 0.3) is 0 Å². The lowest BCUT2D eigenvalue weighted by Crippen LogP contribution is -2.25. The Morgan fingerprint density at radius 1 is 1.31 bits per heavy atom. The van der Waals surface area contributed by atoms with E-state index in [2.05, 4.69) is 47.3 Å². The molecule has 0 aromatic heterocycles. The van der Waals surface area contributed by atoms with E-state index >= 15 is 0 Å². The summed E-state index contributed by atoms with van der Waals surface area (Å²) >= 11 is 0. The van der Waals surface area contributed by atoms with Gasteiger partial charge in [0.25, 0.3) is 5.91 Å². The molecule has 0 spiro atoms. The third kappa shape index (κ3) is 4.15. The van der Waals surface area contributed by atoms with E-state index < -0.39 is 0 Å². The average Bonchev–Trinajstić information content (AvgIpc) is 2.65. The number of anilines is 1. The van der Waals surface area contributed by atoms with Crippen molar-refractivity contribution >= 4 is 11.6 Å². The van der Waals surface area contributed by atoms with Crippen LogP contribution in [0, 0.1) is 18.3 Å². The molecule has 0 unspecified atom stereocenters. The molecule has 1 aliphatic rings. The molecule has 0 bridgehead atoms. The molecule has 1 aliphatic carbocycles. The molecular weight excluding hydrogens is 324 g/mol. The lowest BCUT2D eigenvalue weighted by atomic mass is 10.0. The van der Waals surface area contributed by atoms with Crippen LogP contribution in [0.3, 0.4) is 0 Å². The first kappa shape index (κ1) is 19.3. The third-order valence-corrected chi connectivity index (χ3v) is 4.60. The van der Waals surface area contributed by atoms with Crippen molar-refractivity contribution < 1.29 is 4.79 Å². The summed E-state index contributed by atoms with van der Waals surface area (Å²) in [5.74, 6) is -0.222. The molecule has 0 heterocycles. The number of nitrogens with zero attached hydrogens (tertiary/aromatic N) is 2. The van der Waals surface area contributed by atoms with Crippen LogP contribution >= 0.6 is 0 Å². The van der Waals surface area contributed by atoms with Crippen molar-refractivity contribution in [3.63, 3.8) is 0 Å². The van der Waals surface area contributed by atoms with E-state index in [1.807, 2.05) is 14.0 Å². The first-order chi connectivity index (χ1) is 12.4. The minimum Gasteiger partial charge on any atom is -0.379 e. The van der Waals surface area contributed by atoms with E-state index in [9.17, 15) is 4.79 Å². The first-order valence-electron chi connectivity index (χ1n) is 8.68. The van der Waals surface area contributed by atoms with Crippen molar-refractivity contribution in [1.82, 2.24) is 10.2 Å². The van der Waals surface area contributed by atoms with Crippen LogP contribution in [0.1, 0.15) is 41.3 Å². The number of benzene rings is 1. The molecule has 0 fully saturated rings. The Hall–Kier alpha value is -3.00. The standard InChI is InChI=1S/C21H26N4O/c1-14-8-6-7-9-19(14)25(5)16(3)13-24-20-15(2)10-17(12-22)11-18(20)21(26)23-4/h8-11,24H,3,6-7,13H2,1-2,4-5H3,(H,23,26). The predicted octanol–water partition coefficient (Wildman–Crippen LogP) is 3.71. The smallest absolute Gasteiger partial charge is 0.253 e. The van der Waals surface area contributed by atoms with E-state index in [-0.39, 0.29) is 5.91 Å². The Morgan fingerprint density at radius 3 is 2.62 bits per heavy atom. The van der Waals surface area contributed by atoms with E-state index in [1.165, 1.54) is 11.3 Å². The highest BCUT2D eigenvalue weighted by Gasteiger charge is 2.16. The first-order valence-corrected chi connectivity index (χ1v) is 8.68. The minimum atomic E-state index is -0.222. The van der Waals surface area contributed by atoms with Crippen molar-refractivity contribution in [2.75, 3.05) is 26.0 Å². The molecule has 0 aliphatic heterocycles. The molecule has 2 rings (SSSR count). The van der Waals surface area contributed by atoms with Crippen LogP contribution in [-0.2, 0) is 0 Å². The van der Waals surface area contributed by atoms with Crippen LogP contribution in [-0.4, -0.2) is 31.4 Å². The van der Waals surface area contributed by atoms with Gasteiger partial charge in [0.2, 0.25) is 0 Å². The number of carbonyl (C=O) groups excluding carboxylic acids is 1. The monoisotopic (exact) mass is 350 g/mol. The third-order valence-electron chi connectivity index (χ3n) is 4.60. The Bertz CT molecular complexity index is 827. The Labute approximate surface area is 155 Å². The van der Waals surface area contributed by atoms with Gasteiger partial charge in [-0.1, -0.05) is 18.7 Å². The molecule has 136 valence electrons. The number of amides is 1. The highest BCUT2D eigenvalue weighted by molar-refractivity contribution is 6.00. The van der Waals surface area contributed by atoms with Crippen LogP contribution in [0.4, 0.5) is 5.69 Å². The Balaban J connectivity index is 2.20. The van der Waals surface area contributed by atoms with Gasteiger partial charge in [0, 0.05) is 25.5 Å². The van der Waals surface area contributed by atoms with E-state index in [1.54, 1.807) is 19.2 Å². The molecule has 5 heteroatoms. The summed E-state index contributed by atoms with van der Waals surface area (Å²) < 4.78 is 0. The average molecular weight is 350 g/mol. The lowest BCUT2D eigenvalue weighted by molar-refractivity contribution is 0.0963. The largest absolute Gasteiger partial charge is 0.379 e. The predicted molar refractivity (Wildman–Crippen MR) is 106 cm³/mol. The molecular formula is C21H26N4O. The summed E-state index contributed by atoms with van der Waals surface area (Å²) in [4.78, 5) is 14.3. The van der Waals surface area contributed by atoms with Crippen molar-refractivity contribution in [3.05, 3.63) is 64.5 Å². The van der Waals surface area contributed by atoms with Gasteiger partial charge < -0.3 is 15.5 Å². The van der Waals surface area contributed by atoms with Gasteiger partial charge in [-0.25, -0.2) is 0 Å². The van der Waals surface area contributed by atoms with Crippen molar-refractivity contribution in [2.24, 2.45) is 0 Å². The number of aryl methyl sites for hydroxylation is 1. The second kappa shape index (κ2) is 8.39. The number of nitrogens with one attached hydrogen (secondary N) is 2. The molecule has 2 N–H and O–H groups in total. The normalized spacial score (nSPS) is 13.2. The maximum atomic E-state index is 12.2. The van der Waals surface area contributed by atoms with E-state index in [4.69, 9.17) is 5.26 Å². The van der Waals surface area contributed by atoms with Gasteiger partial charge in [0.05, 0.1) is 29.4 Å². The van der Waals surface area contributed by atoms with Gasteiger partial charge in [-0.15, -0.1) is 0 Å². The maximum Gasteiger partial charge on any atom is 0.253 e. The zero-order valence-corrected chi connectivity index (χ0v) is 15.9. The number of hydrogen-bond donors (Lipinski definition) is 2. The highest BCUT2D eigenvalue weighted by atomic mass is 16.1. The fraction of sp³-hybridized carbons (Fsp3) is 0.333. The molecule has 1 amide bonds. The van der Waals surface area contributed by atoms with Crippen molar-refractivity contribution in [1.29, 1.82) is 5.26 Å². The zero-order chi connectivity index (χ0) is 19.3. The number of rotatable bonds is 6. The van der Waals surface area contributed by atoms with Gasteiger partial charge in [0.15, 0.2) is 0 Å². The van der Waals surface area contributed by atoms with Gasteiger partial charge in [-0.05, 0) is 50.0 Å². The van der Waals surface area contributed by atoms with Crippen LogP contribution in [0.15, 0.2) is 47.8 Å². The summed E-state index contributed by atoms with van der Waals surface area (Å²) in [6, 6.07) is 5.48. The van der Waals surface area contributed by atoms with Crippen LogP contribution < -0.4 is 10.6 Å². The quantitative estimate of drug-likeness (QED) is 0.821. The number of hydrogen-bond acceptors (Lipinski definition) is 4. The zero-order valence-electron chi connectivity index (χ0n) is 15.9. The second-order valence-electron chi connectivity index (χ2n) is 6.44. The molecule has 1 aromatic rings. The summed E-state index contributed by atoms with van der Waals surface area (Å²) in [5.41, 5.74) is 5.83. The highest BCUT2D eigenvalue weighted by Crippen LogP contribution is 2.26. The Kier molecular flexibility index (Phi) is 6.24. The Morgan fingerprint density at radius 2 is 2.00 bits per heavy atom. The summed E-state index contributed by atoms with van der Waals surface area (Å²) in [5, 5.41) is 15.1. The number of carbonyl (C=O) groups is 1. The maximum absolute atomic E-state index is 12.2. The van der Waals surface area contributed by atoms with E-state index in [0.29, 0.717) is 17.7 Å². The van der Waals surface area contributed by atoms with Gasteiger partial charge in [0.1, 0.15) is 0 Å². The molecule has 5 nitrogen and oxygen atoms in total. The topological polar surface area (TPSA) is 68.2 Å². The molecule has 26 heavy (non-hydrogen) atoms. The fourth-order valence-electron chi connectivity index (χ4n) is 3.07. The summed E-state index contributed by atoms with van der Waals surface area (Å²) in [7, 11) is 3.58. The van der Waals surface area contributed by atoms with Crippen LogP contribution in [0.2, 0.25) is 0 Å². The summed E-state index contributed by atoms with van der Waals surface area (Å²) in [6.45, 7) is 8.67. The molecule has 1 aromatic carbocycles. The van der Waals surface area contributed by atoms with E-state index in [0.717, 1.165) is 29.8 Å².